The van der Waals surface area contributed by atoms with Gasteiger partial charge in [0.15, 0.2) is 0 Å². The summed E-state index contributed by atoms with van der Waals surface area (Å²) in [5, 5.41) is 14.6. The molecule has 2 amide bonds. The summed E-state index contributed by atoms with van der Waals surface area (Å²) in [6.45, 7) is 6.06. The van der Waals surface area contributed by atoms with Crippen LogP contribution in [0.25, 0.3) is 0 Å². The number of aliphatic carboxylic acids is 1. The van der Waals surface area contributed by atoms with Crippen molar-refractivity contribution in [2.24, 2.45) is 11.8 Å². The maximum absolute atomic E-state index is 11.9. The highest BCUT2D eigenvalue weighted by Gasteiger charge is 2.23. The molecule has 110 valence electrons. The zero-order valence-electron chi connectivity index (χ0n) is 12.1. The van der Waals surface area contributed by atoms with Crippen molar-refractivity contribution in [3.05, 3.63) is 0 Å². The largest absolute Gasteiger partial charge is 0.481 e. The molecule has 1 aliphatic rings. The van der Waals surface area contributed by atoms with Gasteiger partial charge in [-0.15, -0.1) is 0 Å². The van der Waals surface area contributed by atoms with E-state index >= 15 is 0 Å². The molecule has 1 rings (SSSR count). The highest BCUT2D eigenvalue weighted by Crippen LogP contribution is 2.23. The Hall–Kier alpha value is -1.26. The number of carbonyl (C=O) groups is 2. The molecule has 0 spiro atoms. The Morgan fingerprint density at radius 3 is 2.26 bits per heavy atom. The third kappa shape index (κ3) is 5.94. The lowest BCUT2D eigenvalue weighted by Crippen LogP contribution is -2.49. The van der Waals surface area contributed by atoms with Crippen molar-refractivity contribution in [3.63, 3.8) is 0 Å². The number of urea groups is 1. The van der Waals surface area contributed by atoms with Gasteiger partial charge in [-0.3, -0.25) is 4.79 Å². The molecule has 0 saturated heterocycles. The van der Waals surface area contributed by atoms with E-state index in [-0.39, 0.29) is 30.5 Å². The normalized spacial score (nSPS) is 24.8. The van der Waals surface area contributed by atoms with E-state index in [1.54, 1.807) is 0 Å². The number of carbonyl (C=O) groups excluding carboxylic acids is 1. The molecule has 0 aliphatic heterocycles. The smallest absolute Gasteiger partial charge is 0.315 e. The first-order valence-electron chi connectivity index (χ1n) is 7.17. The van der Waals surface area contributed by atoms with Gasteiger partial charge in [0.05, 0.1) is 6.42 Å². The fourth-order valence-corrected chi connectivity index (χ4v) is 2.44. The quantitative estimate of drug-likeness (QED) is 0.717. The molecule has 5 nitrogen and oxygen atoms in total. The van der Waals surface area contributed by atoms with Gasteiger partial charge < -0.3 is 15.7 Å². The summed E-state index contributed by atoms with van der Waals surface area (Å²) in [5.41, 5.74) is 0. The summed E-state index contributed by atoms with van der Waals surface area (Å²) >= 11 is 0. The first-order chi connectivity index (χ1) is 8.88. The molecular weight excluding hydrogens is 244 g/mol. The molecule has 1 unspecified atom stereocenters. The second kappa shape index (κ2) is 7.36. The lowest BCUT2D eigenvalue weighted by Gasteiger charge is -2.28. The topological polar surface area (TPSA) is 78.4 Å². The Morgan fingerprint density at radius 2 is 1.79 bits per heavy atom. The van der Waals surface area contributed by atoms with Gasteiger partial charge in [-0.05, 0) is 37.5 Å². The lowest BCUT2D eigenvalue weighted by molar-refractivity contribution is -0.137. The van der Waals surface area contributed by atoms with Gasteiger partial charge in [-0.1, -0.05) is 20.8 Å². The fourth-order valence-electron chi connectivity index (χ4n) is 2.44. The average Bonchev–Trinajstić information content (AvgIpc) is 2.30. The molecule has 1 saturated carbocycles. The number of amides is 2. The van der Waals surface area contributed by atoms with Crippen LogP contribution in [-0.4, -0.2) is 29.2 Å². The molecule has 0 aromatic heterocycles. The molecule has 1 atom stereocenters. The molecule has 0 bridgehead atoms. The van der Waals surface area contributed by atoms with Crippen LogP contribution in [0.15, 0.2) is 0 Å². The molecular formula is C14H26N2O3. The van der Waals surface area contributed by atoms with Gasteiger partial charge in [0.2, 0.25) is 0 Å². The third-order valence-electron chi connectivity index (χ3n) is 3.87. The molecule has 1 fully saturated rings. The molecule has 19 heavy (non-hydrogen) atoms. The summed E-state index contributed by atoms with van der Waals surface area (Å²) < 4.78 is 0. The van der Waals surface area contributed by atoms with Crippen molar-refractivity contribution < 1.29 is 14.7 Å². The Morgan fingerprint density at radius 1 is 1.21 bits per heavy atom. The summed E-state index contributed by atoms with van der Waals surface area (Å²) in [6, 6.07) is -0.326. The number of carboxylic acid groups (broad SMARTS) is 1. The van der Waals surface area contributed by atoms with Gasteiger partial charge >= 0.3 is 12.0 Å². The van der Waals surface area contributed by atoms with Crippen LogP contribution in [0.5, 0.6) is 0 Å². The van der Waals surface area contributed by atoms with E-state index in [9.17, 15) is 9.59 Å². The van der Waals surface area contributed by atoms with Crippen molar-refractivity contribution in [2.45, 2.75) is 65.0 Å². The first-order valence-corrected chi connectivity index (χ1v) is 7.17. The molecule has 3 N–H and O–H groups in total. The number of hydrogen-bond donors (Lipinski definition) is 3. The number of nitrogens with one attached hydrogen (secondary N) is 2. The number of rotatable bonds is 5. The molecule has 0 aromatic rings. The minimum atomic E-state index is -0.884. The third-order valence-corrected chi connectivity index (χ3v) is 3.87. The first kappa shape index (κ1) is 15.8. The standard InChI is InChI=1S/C14H26N2O3/c1-9(2)12(8-13(17)18)16-14(19)15-11-6-4-10(3)5-7-11/h9-12H,4-8H2,1-3H3,(H,17,18)(H2,15,16,19). The maximum Gasteiger partial charge on any atom is 0.315 e. The van der Waals surface area contributed by atoms with Gasteiger partial charge in [0.25, 0.3) is 0 Å². The van der Waals surface area contributed by atoms with E-state index in [4.69, 9.17) is 5.11 Å². The van der Waals surface area contributed by atoms with Gasteiger partial charge in [0.1, 0.15) is 0 Å². The van der Waals surface area contributed by atoms with E-state index in [1.165, 1.54) is 0 Å². The van der Waals surface area contributed by atoms with Gasteiger partial charge in [-0.25, -0.2) is 4.79 Å². The van der Waals surface area contributed by atoms with Crippen molar-refractivity contribution in [1.29, 1.82) is 0 Å². The average molecular weight is 270 g/mol. The zero-order valence-corrected chi connectivity index (χ0v) is 12.1. The van der Waals surface area contributed by atoms with Crippen LogP contribution in [0.1, 0.15) is 52.9 Å². The fraction of sp³-hybridized carbons (Fsp3) is 0.857. The van der Waals surface area contributed by atoms with E-state index in [0.29, 0.717) is 0 Å². The molecule has 0 heterocycles. The lowest BCUT2D eigenvalue weighted by atomic mass is 9.87. The van der Waals surface area contributed by atoms with Gasteiger partial charge in [-0.2, -0.15) is 0 Å². The second-order valence-corrected chi connectivity index (χ2v) is 6.02. The Labute approximate surface area is 115 Å². The van der Waals surface area contributed by atoms with Crippen LogP contribution >= 0.6 is 0 Å². The Kier molecular flexibility index (Phi) is 6.12. The van der Waals surface area contributed by atoms with Crippen LogP contribution < -0.4 is 10.6 Å². The molecule has 5 heteroatoms. The van der Waals surface area contributed by atoms with Crippen molar-refractivity contribution in [3.8, 4) is 0 Å². The SMILES string of the molecule is CC1CCC(NC(=O)NC(CC(=O)O)C(C)C)CC1. The minimum absolute atomic E-state index is 0.0349. The monoisotopic (exact) mass is 270 g/mol. The Balaban J connectivity index is 2.37. The van der Waals surface area contributed by atoms with Crippen LogP contribution in [0.3, 0.4) is 0 Å². The summed E-state index contributed by atoms with van der Waals surface area (Å²) in [7, 11) is 0. The summed E-state index contributed by atoms with van der Waals surface area (Å²) in [4.78, 5) is 22.6. The van der Waals surface area contributed by atoms with E-state index < -0.39 is 5.97 Å². The summed E-state index contributed by atoms with van der Waals surface area (Å²) in [6.07, 6.45) is 4.29. The van der Waals surface area contributed by atoms with Crippen LogP contribution in [0.4, 0.5) is 4.79 Å². The molecule has 0 aromatic carbocycles. The van der Waals surface area contributed by atoms with Crippen molar-refractivity contribution >= 4 is 12.0 Å². The maximum atomic E-state index is 11.9. The zero-order chi connectivity index (χ0) is 14.4. The van der Waals surface area contributed by atoms with E-state index in [1.807, 2.05) is 13.8 Å². The second-order valence-electron chi connectivity index (χ2n) is 6.02. The predicted octanol–water partition coefficient (Wildman–Crippen LogP) is 2.36. The highest BCUT2D eigenvalue weighted by atomic mass is 16.4. The number of hydrogen-bond acceptors (Lipinski definition) is 2. The highest BCUT2D eigenvalue weighted by molar-refractivity contribution is 5.76. The summed E-state index contributed by atoms with van der Waals surface area (Å²) in [5.74, 6) is -0.0322. The van der Waals surface area contributed by atoms with Crippen LogP contribution in [-0.2, 0) is 4.79 Å². The predicted molar refractivity (Wildman–Crippen MR) is 74.0 cm³/mol. The van der Waals surface area contributed by atoms with Gasteiger partial charge in [0, 0.05) is 12.1 Å². The minimum Gasteiger partial charge on any atom is -0.481 e. The van der Waals surface area contributed by atoms with E-state index in [2.05, 4.69) is 17.6 Å². The van der Waals surface area contributed by atoms with Crippen LogP contribution in [0.2, 0.25) is 0 Å². The van der Waals surface area contributed by atoms with E-state index in [0.717, 1.165) is 31.6 Å². The molecule has 0 radical (unpaired) electrons. The van der Waals surface area contributed by atoms with Crippen molar-refractivity contribution in [1.82, 2.24) is 10.6 Å². The number of carboxylic acids is 1. The van der Waals surface area contributed by atoms with Crippen molar-refractivity contribution in [2.75, 3.05) is 0 Å². The Bertz CT molecular complexity index is 310. The molecule has 1 aliphatic carbocycles. The van der Waals surface area contributed by atoms with Crippen LogP contribution in [0, 0.1) is 11.8 Å².